The van der Waals surface area contributed by atoms with Gasteiger partial charge in [-0.05, 0) is 32.4 Å². The highest BCUT2D eigenvalue weighted by Gasteiger charge is 2.17. The average molecular weight is 306 g/mol. The molecule has 0 aromatic carbocycles. The Morgan fingerprint density at radius 2 is 2.00 bits per heavy atom. The van der Waals surface area contributed by atoms with Gasteiger partial charge < -0.3 is 5.32 Å². The smallest absolute Gasteiger partial charge is 0.244 e. The molecule has 2 unspecified atom stereocenters. The minimum atomic E-state index is -3.42. The first kappa shape index (κ1) is 16.2. The number of pyridine rings is 1. The summed E-state index contributed by atoms with van der Waals surface area (Å²) in [5, 5.41) is 3.26. The number of nitrogens with zero attached hydrogens (tertiary/aromatic N) is 2. The zero-order chi connectivity index (χ0) is 14.6. The van der Waals surface area contributed by atoms with Gasteiger partial charge in [-0.3, -0.25) is 0 Å². The normalized spacial score (nSPS) is 15.3. The summed E-state index contributed by atoms with van der Waals surface area (Å²) in [4.78, 5) is 4.30. The van der Waals surface area contributed by atoms with Gasteiger partial charge in [-0.2, -0.15) is 0 Å². The molecule has 7 heteroatoms. The first-order chi connectivity index (χ1) is 8.73. The predicted molar refractivity (Wildman–Crippen MR) is 78.1 cm³/mol. The SMILES string of the molecule is CC(Cl)CC(C)Nc1ccc(S(=O)(=O)N(C)C)cn1. The third-order valence-corrected chi connectivity index (χ3v) is 4.56. The summed E-state index contributed by atoms with van der Waals surface area (Å²) in [5.41, 5.74) is 0. The fraction of sp³-hybridized carbons (Fsp3) is 0.583. The second kappa shape index (κ2) is 6.54. The van der Waals surface area contributed by atoms with E-state index >= 15 is 0 Å². The second-order valence-electron chi connectivity index (χ2n) is 4.73. The van der Waals surface area contributed by atoms with Gasteiger partial charge in [-0.1, -0.05) is 0 Å². The molecule has 0 amide bonds. The van der Waals surface area contributed by atoms with Crippen LogP contribution >= 0.6 is 11.6 Å². The molecule has 0 aliphatic carbocycles. The number of nitrogens with one attached hydrogen (secondary N) is 1. The van der Waals surface area contributed by atoms with Crippen molar-refractivity contribution in [3.63, 3.8) is 0 Å². The molecule has 0 fully saturated rings. The molecule has 0 saturated carbocycles. The number of hydrogen-bond acceptors (Lipinski definition) is 4. The minimum absolute atomic E-state index is 0.0795. The average Bonchev–Trinajstić information content (AvgIpc) is 2.28. The number of sulfonamides is 1. The van der Waals surface area contributed by atoms with Crippen molar-refractivity contribution in [2.75, 3.05) is 19.4 Å². The van der Waals surface area contributed by atoms with Crippen LogP contribution in [0.1, 0.15) is 20.3 Å². The third kappa shape index (κ3) is 4.63. The molecule has 2 atom stereocenters. The molecule has 1 rings (SSSR count). The number of anilines is 1. The molecule has 0 radical (unpaired) electrons. The van der Waals surface area contributed by atoms with Crippen LogP contribution in [0.2, 0.25) is 0 Å². The van der Waals surface area contributed by atoms with Gasteiger partial charge >= 0.3 is 0 Å². The van der Waals surface area contributed by atoms with E-state index in [1.165, 1.54) is 20.3 Å². The first-order valence-electron chi connectivity index (χ1n) is 6.02. The third-order valence-electron chi connectivity index (χ3n) is 2.59. The summed E-state index contributed by atoms with van der Waals surface area (Å²) in [7, 11) is -0.436. The monoisotopic (exact) mass is 305 g/mol. The van der Waals surface area contributed by atoms with Crippen LogP contribution in [-0.2, 0) is 10.0 Å². The van der Waals surface area contributed by atoms with Crippen molar-refractivity contribution < 1.29 is 8.42 Å². The van der Waals surface area contributed by atoms with E-state index in [0.717, 1.165) is 10.7 Å². The molecule has 0 aliphatic rings. The van der Waals surface area contributed by atoms with E-state index in [1.807, 2.05) is 13.8 Å². The van der Waals surface area contributed by atoms with Gasteiger partial charge in [0.05, 0.1) is 0 Å². The van der Waals surface area contributed by atoms with E-state index in [1.54, 1.807) is 12.1 Å². The van der Waals surface area contributed by atoms with Crippen molar-refractivity contribution in [1.29, 1.82) is 0 Å². The summed E-state index contributed by atoms with van der Waals surface area (Å²) in [6.45, 7) is 3.94. The lowest BCUT2D eigenvalue weighted by molar-refractivity contribution is 0.520. The molecule has 1 aromatic rings. The largest absolute Gasteiger partial charge is 0.368 e. The summed E-state index contributed by atoms with van der Waals surface area (Å²) in [5.74, 6) is 0.641. The molecule has 1 aromatic heterocycles. The van der Waals surface area contributed by atoms with Gasteiger partial charge in [0.15, 0.2) is 0 Å². The van der Waals surface area contributed by atoms with Crippen LogP contribution in [0.5, 0.6) is 0 Å². The highest BCUT2D eigenvalue weighted by Crippen LogP contribution is 2.15. The number of alkyl halides is 1. The molecule has 1 N–H and O–H groups in total. The van der Waals surface area contributed by atoms with Crippen molar-refractivity contribution in [2.45, 2.75) is 36.6 Å². The van der Waals surface area contributed by atoms with E-state index in [2.05, 4.69) is 10.3 Å². The maximum absolute atomic E-state index is 11.9. The summed E-state index contributed by atoms with van der Waals surface area (Å²) in [6, 6.07) is 3.38. The van der Waals surface area contributed by atoms with Crippen molar-refractivity contribution in [3.8, 4) is 0 Å². The molecule has 19 heavy (non-hydrogen) atoms. The number of hydrogen-bond donors (Lipinski definition) is 1. The van der Waals surface area contributed by atoms with Gasteiger partial charge in [0.2, 0.25) is 10.0 Å². The maximum Gasteiger partial charge on any atom is 0.244 e. The van der Waals surface area contributed by atoms with Crippen LogP contribution in [-0.4, -0.2) is 43.2 Å². The van der Waals surface area contributed by atoms with Gasteiger partial charge in [-0.25, -0.2) is 17.7 Å². The molecule has 5 nitrogen and oxygen atoms in total. The molecule has 0 spiro atoms. The predicted octanol–water partition coefficient (Wildman–Crippen LogP) is 2.15. The van der Waals surface area contributed by atoms with Gasteiger partial charge in [0.25, 0.3) is 0 Å². The maximum atomic E-state index is 11.9. The minimum Gasteiger partial charge on any atom is -0.368 e. The van der Waals surface area contributed by atoms with Crippen molar-refractivity contribution in [1.82, 2.24) is 9.29 Å². The summed E-state index contributed by atoms with van der Waals surface area (Å²) >= 11 is 5.91. The van der Waals surface area contributed by atoms with Crippen LogP contribution in [0.25, 0.3) is 0 Å². The Bertz CT molecular complexity index is 500. The molecule has 0 saturated heterocycles. The molecule has 0 aliphatic heterocycles. The standard InChI is InChI=1S/C12H20ClN3O2S/c1-9(13)7-10(2)15-12-6-5-11(8-14-12)19(17,18)16(3)4/h5-6,8-10H,7H2,1-4H3,(H,14,15). The fourth-order valence-electron chi connectivity index (χ4n) is 1.63. The van der Waals surface area contributed by atoms with E-state index in [0.29, 0.717) is 5.82 Å². The van der Waals surface area contributed by atoms with Crippen molar-refractivity contribution >= 4 is 27.4 Å². The van der Waals surface area contributed by atoms with Crippen molar-refractivity contribution in [2.24, 2.45) is 0 Å². The number of halogens is 1. The highest BCUT2D eigenvalue weighted by atomic mass is 35.5. The quantitative estimate of drug-likeness (QED) is 0.818. The van der Waals surface area contributed by atoms with Gasteiger partial charge in [0, 0.05) is 31.7 Å². The lowest BCUT2D eigenvalue weighted by atomic mass is 10.2. The lowest BCUT2D eigenvalue weighted by Crippen LogP contribution is -2.23. The second-order valence-corrected chi connectivity index (χ2v) is 7.63. The van der Waals surface area contributed by atoms with E-state index < -0.39 is 10.0 Å². The Morgan fingerprint density at radius 3 is 2.42 bits per heavy atom. The summed E-state index contributed by atoms with van der Waals surface area (Å²) < 4.78 is 24.9. The molecule has 0 bridgehead atoms. The Hall–Kier alpha value is -0.850. The molecule has 1 heterocycles. The van der Waals surface area contributed by atoms with Crippen LogP contribution < -0.4 is 5.32 Å². The Kier molecular flexibility index (Phi) is 5.58. The van der Waals surface area contributed by atoms with E-state index in [4.69, 9.17) is 11.6 Å². The number of aromatic nitrogens is 1. The highest BCUT2D eigenvalue weighted by molar-refractivity contribution is 7.89. The van der Waals surface area contributed by atoms with Crippen LogP contribution in [0.3, 0.4) is 0 Å². The Balaban J connectivity index is 2.78. The van der Waals surface area contributed by atoms with Gasteiger partial charge in [-0.15, -0.1) is 11.6 Å². The number of rotatable bonds is 6. The first-order valence-corrected chi connectivity index (χ1v) is 7.90. The zero-order valence-corrected chi connectivity index (χ0v) is 13.2. The molecular weight excluding hydrogens is 286 g/mol. The topological polar surface area (TPSA) is 62.3 Å². The van der Waals surface area contributed by atoms with Crippen LogP contribution in [0.4, 0.5) is 5.82 Å². The van der Waals surface area contributed by atoms with Crippen LogP contribution in [0.15, 0.2) is 23.2 Å². The molecular formula is C12H20ClN3O2S. The zero-order valence-electron chi connectivity index (χ0n) is 11.6. The van der Waals surface area contributed by atoms with E-state index in [9.17, 15) is 8.42 Å². The Morgan fingerprint density at radius 1 is 1.37 bits per heavy atom. The van der Waals surface area contributed by atoms with Crippen LogP contribution in [0, 0.1) is 0 Å². The lowest BCUT2D eigenvalue weighted by Gasteiger charge is -2.16. The van der Waals surface area contributed by atoms with E-state index in [-0.39, 0.29) is 16.3 Å². The Labute approximate surface area is 120 Å². The van der Waals surface area contributed by atoms with Gasteiger partial charge in [0.1, 0.15) is 10.7 Å². The summed E-state index contributed by atoms with van der Waals surface area (Å²) in [6.07, 6.45) is 2.16. The molecule has 108 valence electrons. The fourth-order valence-corrected chi connectivity index (χ4v) is 2.74. The van der Waals surface area contributed by atoms with Crippen molar-refractivity contribution in [3.05, 3.63) is 18.3 Å².